The number of carbonyl (C=O) groups is 3. The standard InChI is InChI=1S/C20H24N2O4/c1-2-3-4-5-8-14(20(21)25)13-15-17(11-10-16(23)19(15)24)26-18-9-6-7-12-22-18/h6-7,9-12,14H,2-5,8,13H2,1H3,(H2,21,25). The van der Waals surface area contributed by atoms with Gasteiger partial charge in [0.05, 0.1) is 0 Å². The van der Waals surface area contributed by atoms with E-state index in [-0.39, 0.29) is 17.8 Å². The molecular weight excluding hydrogens is 332 g/mol. The fourth-order valence-corrected chi connectivity index (χ4v) is 2.81. The lowest BCUT2D eigenvalue weighted by atomic mass is 9.88. The number of rotatable bonds is 10. The van der Waals surface area contributed by atoms with Crippen molar-refractivity contribution in [1.82, 2.24) is 4.98 Å². The highest BCUT2D eigenvalue weighted by atomic mass is 16.5. The van der Waals surface area contributed by atoms with Crippen molar-refractivity contribution >= 4 is 17.5 Å². The normalized spacial score (nSPS) is 15.3. The largest absolute Gasteiger partial charge is 0.439 e. The Balaban J connectivity index is 2.20. The molecule has 6 heteroatoms. The minimum absolute atomic E-state index is 0.0958. The first-order valence-corrected chi connectivity index (χ1v) is 8.91. The Labute approximate surface area is 153 Å². The molecule has 1 aliphatic carbocycles. The van der Waals surface area contributed by atoms with E-state index in [9.17, 15) is 14.4 Å². The van der Waals surface area contributed by atoms with Gasteiger partial charge < -0.3 is 10.5 Å². The number of pyridine rings is 1. The Kier molecular flexibility index (Phi) is 7.26. The van der Waals surface area contributed by atoms with Crippen LogP contribution in [0.3, 0.4) is 0 Å². The SMILES string of the molecule is CCCCCCC(CC1=C(Oc2ccccn2)C=CC(=O)C1=O)C(N)=O. The van der Waals surface area contributed by atoms with E-state index >= 15 is 0 Å². The zero-order valence-corrected chi connectivity index (χ0v) is 14.9. The molecular formula is C20H24N2O4. The molecule has 1 unspecified atom stereocenters. The zero-order valence-electron chi connectivity index (χ0n) is 14.9. The van der Waals surface area contributed by atoms with Crippen molar-refractivity contribution < 1.29 is 19.1 Å². The number of amides is 1. The second kappa shape index (κ2) is 9.65. The predicted molar refractivity (Wildman–Crippen MR) is 97.1 cm³/mol. The maximum absolute atomic E-state index is 12.3. The number of hydrogen-bond donors (Lipinski definition) is 1. The van der Waals surface area contributed by atoms with E-state index in [1.807, 2.05) is 0 Å². The molecule has 1 aromatic rings. The number of Topliss-reactive ketones (excluding diaryl/α,β-unsaturated/α-hetero) is 1. The van der Waals surface area contributed by atoms with Crippen molar-refractivity contribution in [3.8, 4) is 5.88 Å². The third-order valence-corrected chi connectivity index (χ3v) is 4.29. The molecule has 1 atom stereocenters. The van der Waals surface area contributed by atoms with Gasteiger partial charge in [-0.05, 0) is 31.1 Å². The van der Waals surface area contributed by atoms with Crippen molar-refractivity contribution in [2.24, 2.45) is 11.7 Å². The summed E-state index contributed by atoms with van der Waals surface area (Å²) in [6, 6.07) is 5.14. The van der Waals surface area contributed by atoms with E-state index in [1.165, 1.54) is 12.2 Å². The molecule has 2 N–H and O–H groups in total. The van der Waals surface area contributed by atoms with Crippen LogP contribution in [0, 0.1) is 5.92 Å². The maximum Gasteiger partial charge on any atom is 0.232 e. The number of unbranched alkanes of at least 4 members (excludes halogenated alkanes) is 3. The van der Waals surface area contributed by atoms with Crippen molar-refractivity contribution in [2.45, 2.75) is 45.4 Å². The van der Waals surface area contributed by atoms with Crippen LogP contribution in [-0.2, 0) is 14.4 Å². The van der Waals surface area contributed by atoms with Crippen LogP contribution in [0.4, 0.5) is 0 Å². The summed E-state index contributed by atoms with van der Waals surface area (Å²) in [6.45, 7) is 2.11. The highest BCUT2D eigenvalue weighted by molar-refractivity contribution is 6.48. The third-order valence-electron chi connectivity index (χ3n) is 4.29. The average Bonchev–Trinajstić information content (AvgIpc) is 2.63. The van der Waals surface area contributed by atoms with Gasteiger partial charge in [-0.25, -0.2) is 4.98 Å². The van der Waals surface area contributed by atoms with Gasteiger partial charge in [0.25, 0.3) is 0 Å². The second-order valence-electron chi connectivity index (χ2n) is 6.29. The Morgan fingerprint density at radius 2 is 2.00 bits per heavy atom. The summed E-state index contributed by atoms with van der Waals surface area (Å²) in [5, 5.41) is 0. The Hall–Kier alpha value is -2.76. The molecule has 0 aliphatic heterocycles. The van der Waals surface area contributed by atoms with Gasteiger partial charge in [-0.15, -0.1) is 0 Å². The lowest BCUT2D eigenvalue weighted by Crippen LogP contribution is -2.28. The molecule has 1 aliphatic rings. The number of ketones is 2. The fraction of sp³-hybridized carbons (Fsp3) is 0.400. The van der Waals surface area contributed by atoms with Crippen molar-refractivity contribution in [1.29, 1.82) is 0 Å². The Morgan fingerprint density at radius 1 is 1.19 bits per heavy atom. The number of carbonyl (C=O) groups excluding carboxylic acids is 3. The van der Waals surface area contributed by atoms with Gasteiger partial charge in [-0.2, -0.15) is 0 Å². The summed E-state index contributed by atoms with van der Waals surface area (Å²) in [6.07, 6.45) is 8.89. The van der Waals surface area contributed by atoms with Gasteiger partial charge >= 0.3 is 0 Å². The summed E-state index contributed by atoms with van der Waals surface area (Å²) >= 11 is 0. The molecule has 26 heavy (non-hydrogen) atoms. The van der Waals surface area contributed by atoms with Gasteiger partial charge in [0.2, 0.25) is 23.4 Å². The molecule has 0 saturated heterocycles. The van der Waals surface area contributed by atoms with Crippen molar-refractivity contribution in [2.75, 3.05) is 0 Å². The predicted octanol–water partition coefficient (Wildman–Crippen LogP) is 2.88. The molecule has 0 radical (unpaired) electrons. The molecule has 6 nitrogen and oxygen atoms in total. The first kappa shape index (κ1) is 19.6. The van der Waals surface area contributed by atoms with Gasteiger partial charge in [0, 0.05) is 23.8 Å². The fourth-order valence-electron chi connectivity index (χ4n) is 2.81. The van der Waals surface area contributed by atoms with Crippen LogP contribution >= 0.6 is 0 Å². The summed E-state index contributed by atoms with van der Waals surface area (Å²) in [5.41, 5.74) is 5.70. The molecule has 2 rings (SSSR count). The number of allylic oxidation sites excluding steroid dienone is 3. The van der Waals surface area contributed by atoms with Crippen LogP contribution in [0.25, 0.3) is 0 Å². The molecule has 0 bridgehead atoms. The van der Waals surface area contributed by atoms with Crippen LogP contribution in [0.1, 0.15) is 45.4 Å². The van der Waals surface area contributed by atoms with Gasteiger partial charge in [-0.1, -0.05) is 38.7 Å². The van der Waals surface area contributed by atoms with E-state index in [1.54, 1.807) is 24.4 Å². The minimum atomic E-state index is -0.654. The Bertz CT molecular complexity index is 723. The Morgan fingerprint density at radius 3 is 2.65 bits per heavy atom. The van der Waals surface area contributed by atoms with E-state index in [0.717, 1.165) is 25.7 Å². The van der Waals surface area contributed by atoms with Crippen LogP contribution < -0.4 is 10.5 Å². The lowest BCUT2D eigenvalue weighted by molar-refractivity contribution is -0.132. The minimum Gasteiger partial charge on any atom is -0.439 e. The number of nitrogens with zero attached hydrogens (tertiary/aromatic N) is 1. The van der Waals surface area contributed by atoms with E-state index in [0.29, 0.717) is 12.3 Å². The lowest BCUT2D eigenvalue weighted by Gasteiger charge is -2.19. The van der Waals surface area contributed by atoms with E-state index < -0.39 is 23.4 Å². The molecule has 0 aromatic carbocycles. The van der Waals surface area contributed by atoms with Crippen LogP contribution in [-0.4, -0.2) is 22.5 Å². The number of primary amides is 1. The molecule has 1 heterocycles. The maximum atomic E-state index is 12.3. The molecule has 1 aromatic heterocycles. The van der Waals surface area contributed by atoms with Crippen molar-refractivity contribution in [3.63, 3.8) is 0 Å². The molecule has 0 saturated carbocycles. The molecule has 0 spiro atoms. The molecule has 1 amide bonds. The zero-order chi connectivity index (χ0) is 18.9. The van der Waals surface area contributed by atoms with Gasteiger partial charge in [0.1, 0.15) is 5.76 Å². The highest BCUT2D eigenvalue weighted by Crippen LogP contribution is 2.26. The van der Waals surface area contributed by atoms with Crippen LogP contribution in [0.2, 0.25) is 0 Å². The van der Waals surface area contributed by atoms with E-state index in [2.05, 4.69) is 11.9 Å². The van der Waals surface area contributed by atoms with E-state index in [4.69, 9.17) is 10.5 Å². The number of ether oxygens (including phenoxy) is 1. The number of aromatic nitrogens is 1. The highest BCUT2D eigenvalue weighted by Gasteiger charge is 2.29. The summed E-state index contributed by atoms with van der Waals surface area (Å²) in [5.74, 6) is -1.70. The first-order chi connectivity index (χ1) is 12.5. The molecule has 0 fully saturated rings. The third kappa shape index (κ3) is 5.37. The van der Waals surface area contributed by atoms with Gasteiger partial charge in [0.15, 0.2) is 0 Å². The first-order valence-electron chi connectivity index (χ1n) is 8.91. The monoisotopic (exact) mass is 356 g/mol. The topological polar surface area (TPSA) is 99.3 Å². The molecule has 138 valence electrons. The van der Waals surface area contributed by atoms with Crippen LogP contribution in [0.5, 0.6) is 5.88 Å². The smallest absolute Gasteiger partial charge is 0.232 e. The number of hydrogen-bond acceptors (Lipinski definition) is 5. The number of nitrogens with two attached hydrogens (primary N) is 1. The summed E-state index contributed by atoms with van der Waals surface area (Å²) in [4.78, 5) is 40.0. The summed E-state index contributed by atoms with van der Waals surface area (Å²) < 4.78 is 5.67. The van der Waals surface area contributed by atoms with Crippen molar-refractivity contribution in [3.05, 3.63) is 47.9 Å². The average molecular weight is 356 g/mol. The quantitative estimate of drug-likeness (QED) is 0.395. The van der Waals surface area contributed by atoms with Crippen LogP contribution in [0.15, 0.2) is 47.9 Å². The van der Waals surface area contributed by atoms with Gasteiger partial charge in [-0.3, -0.25) is 14.4 Å². The second-order valence-corrected chi connectivity index (χ2v) is 6.29. The summed E-state index contributed by atoms with van der Waals surface area (Å²) in [7, 11) is 0.